The smallest absolute Gasteiger partial charge is 0.144 e. The molecule has 0 aromatic heterocycles. The Bertz CT molecular complexity index is 427. The van der Waals surface area contributed by atoms with E-state index in [0.717, 1.165) is 29.5 Å². The third-order valence-electron chi connectivity index (χ3n) is 4.49. The topological polar surface area (TPSA) is 47.3 Å². The molecular formula is C18H30N2O. The molecule has 0 bridgehead atoms. The number of nitrogens with two attached hydrogens (primary N) is 1. The van der Waals surface area contributed by atoms with E-state index >= 15 is 0 Å². The molecule has 1 saturated carbocycles. The molecular weight excluding hydrogens is 260 g/mol. The molecule has 118 valence electrons. The summed E-state index contributed by atoms with van der Waals surface area (Å²) in [5, 5.41) is 3.71. The summed E-state index contributed by atoms with van der Waals surface area (Å²) in [5.41, 5.74) is 7.84. The summed E-state index contributed by atoms with van der Waals surface area (Å²) in [7, 11) is 0. The minimum absolute atomic E-state index is 0.563. The summed E-state index contributed by atoms with van der Waals surface area (Å²) < 4.78 is 5.72. The Balaban J connectivity index is 2.02. The quantitative estimate of drug-likeness (QED) is 0.707. The maximum atomic E-state index is 5.98. The van der Waals surface area contributed by atoms with Crippen molar-refractivity contribution < 1.29 is 4.74 Å². The van der Waals surface area contributed by atoms with Crippen LogP contribution in [0.25, 0.3) is 0 Å². The SMILES string of the molecule is CCCOc1cc(NC(CC)C2CCCCC2)ccc1N. The number of anilines is 2. The van der Waals surface area contributed by atoms with E-state index in [9.17, 15) is 0 Å². The van der Waals surface area contributed by atoms with Crippen molar-refractivity contribution in [3.8, 4) is 5.75 Å². The fraction of sp³-hybridized carbons (Fsp3) is 0.667. The maximum Gasteiger partial charge on any atom is 0.144 e. The van der Waals surface area contributed by atoms with Crippen molar-refractivity contribution >= 4 is 11.4 Å². The Labute approximate surface area is 129 Å². The van der Waals surface area contributed by atoms with Crippen molar-refractivity contribution in [1.82, 2.24) is 0 Å². The zero-order valence-corrected chi connectivity index (χ0v) is 13.5. The molecule has 21 heavy (non-hydrogen) atoms. The summed E-state index contributed by atoms with van der Waals surface area (Å²) in [6.07, 6.45) is 9.06. The number of nitrogen functional groups attached to an aromatic ring is 1. The number of benzene rings is 1. The lowest BCUT2D eigenvalue weighted by Crippen LogP contribution is -2.30. The Morgan fingerprint density at radius 2 is 2.00 bits per heavy atom. The molecule has 1 fully saturated rings. The van der Waals surface area contributed by atoms with E-state index < -0.39 is 0 Å². The Morgan fingerprint density at radius 3 is 2.67 bits per heavy atom. The first-order valence-corrected chi connectivity index (χ1v) is 8.53. The molecule has 0 aliphatic heterocycles. The molecule has 1 atom stereocenters. The van der Waals surface area contributed by atoms with Crippen molar-refractivity contribution in [2.24, 2.45) is 5.92 Å². The lowest BCUT2D eigenvalue weighted by atomic mass is 9.83. The van der Waals surface area contributed by atoms with Crippen LogP contribution in [0.4, 0.5) is 11.4 Å². The fourth-order valence-corrected chi connectivity index (χ4v) is 3.27. The van der Waals surface area contributed by atoms with Gasteiger partial charge in [0.1, 0.15) is 5.75 Å². The minimum Gasteiger partial charge on any atom is -0.491 e. The second-order valence-corrected chi connectivity index (χ2v) is 6.16. The fourth-order valence-electron chi connectivity index (χ4n) is 3.27. The Morgan fingerprint density at radius 1 is 1.24 bits per heavy atom. The van der Waals surface area contributed by atoms with Gasteiger partial charge in [-0.15, -0.1) is 0 Å². The number of hydrogen-bond acceptors (Lipinski definition) is 3. The van der Waals surface area contributed by atoms with E-state index in [4.69, 9.17) is 10.5 Å². The van der Waals surface area contributed by atoms with Crippen LogP contribution in [0.5, 0.6) is 5.75 Å². The average molecular weight is 290 g/mol. The Kier molecular flexibility index (Phi) is 6.21. The molecule has 1 aromatic rings. The van der Waals surface area contributed by atoms with Crippen molar-refractivity contribution in [3.05, 3.63) is 18.2 Å². The van der Waals surface area contributed by atoms with E-state index in [0.29, 0.717) is 12.6 Å². The van der Waals surface area contributed by atoms with Crippen LogP contribution >= 0.6 is 0 Å². The van der Waals surface area contributed by atoms with Gasteiger partial charge in [-0.2, -0.15) is 0 Å². The maximum absolute atomic E-state index is 5.98. The number of rotatable bonds is 7. The molecule has 0 radical (unpaired) electrons. The highest BCUT2D eigenvalue weighted by atomic mass is 16.5. The Hall–Kier alpha value is -1.38. The normalized spacial score (nSPS) is 17.4. The third kappa shape index (κ3) is 4.55. The molecule has 0 heterocycles. The van der Waals surface area contributed by atoms with Crippen LogP contribution in [0.15, 0.2) is 18.2 Å². The van der Waals surface area contributed by atoms with E-state index in [1.54, 1.807) is 0 Å². The summed E-state index contributed by atoms with van der Waals surface area (Å²) in [4.78, 5) is 0. The van der Waals surface area contributed by atoms with E-state index in [1.807, 2.05) is 6.07 Å². The second-order valence-electron chi connectivity index (χ2n) is 6.16. The van der Waals surface area contributed by atoms with Gasteiger partial charge in [0.15, 0.2) is 0 Å². The summed E-state index contributed by atoms with van der Waals surface area (Å²) in [5.74, 6) is 1.61. The first kappa shape index (κ1) is 16.0. The molecule has 2 rings (SSSR count). The summed E-state index contributed by atoms with van der Waals surface area (Å²) in [6.45, 7) is 5.10. The van der Waals surface area contributed by atoms with Gasteiger partial charge in [0.25, 0.3) is 0 Å². The van der Waals surface area contributed by atoms with Crippen LogP contribution in [0.1, 0.15) is 58.8 Å². The van der Waals surface area contributed by atoms with Crippen LogP contribution in [-0.4, -0.2) is 12.6 Å². The predicted molar refractivity (Wildman–Crippen MR) is 90.9 cm³/mol. The summed E-state index contributed by atoms with van der Waals surface area (Å²) >= 11 is 0. The molecule has 3 heteroatoms. The van der Waals surface area contributed by atoms with Crippen LogP contribution < -0.4 is 15.8 Å². The van der Waals surface area contributed by atoms with Gasteiger partial charge in [0.2, 0.25) is 0 Å². The predicted octanol–water partition coefficient (Wildman–Crippen LogP) is 4.83. The van der Waals surface area contributed by atoms with Crippen LogP contribution in [-0.2, 0) is 0 Å². The van der Waals surface area contributed by atoms with E-state index in [-0.39, 0.29) is 0 Å². The highest BCUT2D eigenvalue weighted by Gasteiger charge is 2.22. The van der Waals surface area contributed by atoms with Gasteiger partial charge in [0.05, 0.1) is 12.3 Å². The molecule has 1 aromatic carbocycles. The molecule has 3 nitrogen and oxygen atoms in total. The first-order chi connectivity index (χ1) is 10.2. The number of ether oxygens (including phenoxy) is 1. The number of hydrogen-bond donors (Lipinski definition) is 2. The molecule has 1 aliphatic carbocycles. The van der Waals surface area contributed by atoms with Gasteiger partial charge >= 0.3 is 0 Å². The standard InChI is InChI=1S/C18H30N2O/c1-3-12-21-18-13-15(10-11-16(18)19)20-17(4-2)14-8-6-5-7-9-14/h10-11,13-14,17,20H,3-9,12,19H2,1-2H3. The van der Waals surface area contributed by atoms with Gasteiger partial charge in [0, 0.05) is 17.8 Å². The lowest BCUT2D eigenvalue weighted by Gasteiger charge is -2.31. The van der Waals surface area contributed by atoms with Crippen molar-refractivity contribution in [2.75, 3.05) is 17.7 Å². The van der Waals surface area contributed by atoms with Crippen molar-refractivity contribution in [2.45, 2.75) is 64.8 Å². The van der Waals surface area contributed by atoms with E-state index in [1.165, 1.54) is 38.5 Å². The first-order valence-electron chi connectivity index (χ1n) is 8.53. The van der Waals surface area contributed by atoms with Gasteiger partial charge in [-0.3, -0.25) is 0 Å². The molecule has 0 amide bonds. The zero-order valence-electron chi connectivity index (χ0n) is 13.5. The number of nitrogens with one attached hydrogen (secondary N) is 1. The molecule has 1 unspecified atom stereocenters. The van der Waals surface area contributed by atoms with Crippen molar-refractivity contribution in [1.29, 1.82) is 0 Å². The average Bonchev–Trinajstić information content (AvgIpc) is 2.53. The van der Waals surface area contributed by atoms with E-state index in [2.05, 4.69) is 31.3 Å². The van der Waals surface area contributed by atoms with Crippen LogP contribution in [0.3, 0.4) is 0 Å². The minimum atomic E-state index is 0.563. The molecule has 1 aliphatic rings. The molecule has 3 N–H and O–H groups in total. The van der Waals surface area contributed by atoms with Crippen molar-refractivity contribution in [3.63, 3.8) is 0 Å². The van der Waals surface area contributed by atoms with Gasteiger partial charge < -0.3 is 15.8 Å². The molecule has 0 spiro atoms. The monoisotopic (exact) mass is 290 g/mol. The zero-order chi connectivity index (χ0) is 15.1. The summed E-state index contributed by atoms with van der Waals surface area (Å²) in [6, 6.07) is 6.63. The third-order valence-corrected chi connectivity index (χ3v) is 4.49. The van der Waals surface area contributed by atoms with Crippen LogP contribution in [0, 0.1) is 5.92 Å². The van der Waals surface area contributed by atoms with Gasteiger partial charge in [-0.1, -0.05) is 33.1 Å². The lowest BCUT2D eigenvalue weighted by molar-refractivity contribution is 0.312. The van der Waals surface area contributed by atoms with Crippen LogP contribution in [0.2, 0.25) is 0 Å². The largest absolute Gasteiger partial charge is 0.491 e. The van der Waals surface area contributed by atoms with Gasteiger partial charge in [-0.25, -0.2) is 0 Å². The second kappa shape index (κ2) is 8.16. The molecule has 0 saturated heterocycles. The van der Waals surface area contributed by atoms with Gasteiger partial charge in [-0.05, 0) is 43.7 Å². The highest BCUT2D eigenvalue weighted by molar-refractivity contribution is 5.61. The highest BCUT2D eigenvalue weighted by Crippen LogP contribution is 2.31.